The van der Waals surface area contributed by atoms with Crippen molar-refractivity contribution in [1.82, 2.24) is 14.8 Å². The number of ether oxygens (including phenoxy) is 1. The average molecular weight is 365 g/mol. The van der Waals surface area contributed by atoms with Crippen LogP contribution < -0.4 is 0 Å². The molecule has 2 saturated heterocycles. The van der Waals surface area contributed by atoms with Crippen LogP contribution in [0.1, 0.15) is 28.8 Å². The van der Waals surface area contributed by atoms with E-state index < -0.39 is 0 Å². The third-order valence-electron chi connectivity index (χ3n) is 5.89. The van der Waals surface area contributed by atoms with Crippen molar-refractivity contribution < 1.29 is 9.53 Å². The molecular weight excluding hydrogens is 338 g/mol. The maximum Gasteiger partial charge on any atom is 0.254 e. The normalized spacial score (nSPS) is 19.9. The van der Waals surface area contributed by atoms with Gasteiger partial charge in [0.05, 0.1) is 18.8 Å². The Morgan fingerprint density at radius 3 is 2.63 bits per heavy atom. The Labute approximate surface area is 161 Å². The minimum Gasteiger partial charge on any atom is -0.377 e. The summed E-state index contributed by atoms with van der Waals surface area (Å²) in [7, 11) is 0. The molecule has 0 radical (unpaired) electrons. The molecule has 0 aliphatic carbocycles. The van der Waals surface area contributed by atoms with Gasteiger partial charge in [0.25, 0.3) is 5.91 Å². The first-order chi connectivity index (χ1) is 13.3. The number of nitrogens with zero attached hydrogens (tertiary/aromatic N) is 3. The fourth-order valence-corrected chi connectivity index (χ4v) is 4.23. The van der Waals surface area contributed by atoms with Gasteiger partial charge < -0.3 is 14.5 Å². The van der Waals surface area contributed by atoms with E-state index >= 15 is 0 Å². The molecule has 2 aliphatic rings. The Kier molecular flexibility index (Phi) is 5.50. The van der Waals surface area contributed by atoms with Crippen LogP contribution in [0.2, 0.25) is 0 Å². The van der Waals surface area contributed by atoms with E-state index in [1.54, 1.807) is 0 Å². The van der Waals surface area contributed by atoms with E-state index in [-0.39, 0.29) is 11.4 Å². The summed E-state index contributed by atoms with van der Waals surface area (Å²) in [6.07, 6.45) is 6.72. The van der Waals surface area contributed by atoms with Crippen LogP contribution in [0.3, 0.4) is 0 Å². The molecular formula is C22H27N3O2. The van der Waals surface area contributed by atoms with Gasteiger partial charge in [0, 0.05) is 44.1 Å². The van der Waals surface area contributed by atoms with Crippen molar-refractivity contribution in [2.75, 3.05) is 39.4 Å². The highest BCUT2D eigenvalue weighted by atomic mass is 16.5. The minimum atomic E-state index is -0.157. The SMILES string of the molecule is O=C(c1ccccc1)N1CCOCC12CCN(CCc1cccnc1)CC2. The third kappa shape index (κ3) is 4.04. The molecule has 0 N–H and O–H groups in total. The van der Waals surface area contributed by atoms with E-state index in [0.717, 1.165) is 44.5 Å². The number of rotatable bonds is 4. The summed E-state index contributed by atoms with van der Waals surface area (Å²) in [5, 5.41) is 0. The van der Waals surface area contributed by atoms with E-state index in [1.165, 1.54) is 5.56 Å². The van der Waals surface area contributed by atoms with Crippen LogP contribution in [0.4, 0.5) is 0 Å². The highest BCUT2D eigenvalue weighted by molar-refractivity contribution is 5.94. The van der Waals surface area contributed by atoms with Crippen molar-refractivity contribution in [3.63, 3.8) is 0 Å². The van der Waals surface area contributed by atoms with E-state index in [9.17, 15) is 4.79 Å². The van der Waals surface area contributed by atoms with Crippen molar-refractivity contribution in [3.05, 3.63) is 66.0 Å². The zero-order chi connectivity index (χ0) is 18.5. The smallest absolute Gasteiger partial charge is 0.254 e. The number of carbonyl (C=O) groups is 1. The first kappa shape index (κ1) is 18.1. The molecule has 0 unspecified atom stereocenters. The summed E-state index contributed by atoms with van der Waals surface area (Å²) in [6, 6.07) is 13.8. The fraction of sp³-hybridized carbons (Fsp3) is 0.455. The van der Waals surface area contributed by atoms with Gasteiger partial charge in [0.1, 0.15) is 0 Å². The fourth-order valence-electron chi connectivity index (χ4n) is 4.23. The lowest BCUT2D eigenvalue weighted by Gasteiger charge is -2.51. The number of hydrogen-bond donors (Lipinski definition) is 0. The summed E-state index contributed by atoms with van der Waals surface area (Å²) in [5.74, 6) is 0.141. The lowest BCUT2D eigenvalue weighted by atomic mass is 9.84. The van der Waals surface area contributed by atoms with E-state index in [1.807, 2.05) is 48.8 Å². The predicted octanol–water partition coefficient (Wildman–Crippen LogP) is 2.63. The van der Waals surface area contributed by atoms with Gasteiger partial charge in [0.2, 0.25) is 0 Å². The van der Waals surface area contributed by atoms with Crippen molar-refractivity contribution >= 4 is 5.91 Å². The highest BCUT2D eigenvalue weighted by Crippen LogP contribution is 2.33. The molecule has 0 saturated carbocycles. The highest BCUT2D eigenvalue weighted by Gasteiger charge is 2.44. The molecule has 5 heteroatoms. The molecule has 4 rings (SSSR count). The van der Waals surface area contributed by atoms with Gasteiger partial charge in [-0.05, 0) is 43.0 Å². The van der Waals surface area contributed by atoms with Gasteiger partial charge in [0.15, 0.2) is 0 Å². The Hall–Kier alpha value is -2.24. The second-order valence-corrected chi connectivity index (χ2v) is 7.55. The van der Waals surface area contributed by atoms with Crippen LogP contribution in [-0.4, -0.2) is 65.6 Å². The number of carbonyl (C=O) groups excluding carboxylic acids is 1. The molecule has 1 spiro atoms. The first-order valence-corrected chi connectivity index (χ1v) is 9.83. The molecule has 1 amide bonds. The van der Waals surface area contributed by atoms with Crippen LogP contribution in [0.5, 0.6) is 0 Å². The van der Waals surface area contributed by atoms with Gasteiger partial charge in [-0.2, -0.15) is 0 Å². The molecule has 2 fully saturated rings. The van der Waals surface area contributed by atoms with Gasteiger partial charge in [-0.25, -0.2) is 0 Å². The molecule has 27 heavy (non-hydrogen) atoms. The van der Waals surface area contributed by atoms with Gasteiger partial charge >= 0.3 is 0 Å². The monoisotopic (exact) mass is 365 g/mol. The number of piperidine rings is 1. The number of likely N-dealkylation sites (tertiary alicyclic amines) is 1. The van der Waals surface area contributed by atoms with Gasteiger partial charge in [-0.3, -0.25) is 9.78 Å². The van der Waals surface area contributed by atoms with Crippen molar-refractivity contribution in [1.29, 1.82) is 0 Å². The standard InChI is InChI=1S/C22H27N3O2/c26-21(20-6-2-1-3-7-20)25-15-16-27-18-22(25)9-13-24(14-10-22)12-8-19-5-4-11-23-17-19/h1-7,11,17H,8-10,12-16,18H2. The zero-order valence-corrected chi connectivity index (χ0v) is 15.7. The first-order valence-electron chi connectivity index (χ1n) is 9.83. The Balaban J connectivity index is 1.39. The number of amides is 1. The lowest BCUT2D eigenvalue weighted by Crippen LogP contribution is -2.63. The second-order valence-electron chi connectivity index (χ2n) is 7.55. The minimum absolute atomic E-state index is 0.141. The molecule has 0 atom stereocenters. The van der Waals surface area contributed by atoms with Crippen LogP contribution >= 0.6 is 0 Å². The molecule has 142 valence electrons. The average Bonchev–Trinajstić information content (AvgIpc) is 2.75. The summed E-state index contributed by atoms with van der Waals surface area (Å²) >= 11 is 0. The third-order valence-corrected chi connectivity index (χ3v) is 5.89. The number of aromatic nitrogens is 1. The Morgan fingerprint density at radius 1 is 1.07 bits per heavy atom. The molecule has 0 bridgehead atoms. The predicted molar refractivity (Wildman–Crippen MR) is 105 cm³/mol. The number of benzene rings is 1. The van der Waals surface area contributed by atoms with Gasteiger partial charge in [-0.1, -0.05) is 24.3 Å². The number of morpholine rings is 1. The van der Waals surface area contributed by atoms with E-state index in [0.29, 0.717) is 19.8 Å². The van der Waals surface area contributed by atoms with Crippen LogP contribution in [0.25, 0.3) is 0 Å². The van der Waals surface area contributed by atoms with Crippen molar-refractivity contribution in [3.8, 4) is 0 Å². The van der Waals surface area contributed by atoms with Crippen LogP contribution in [0, 0.1) is 0 Å². The number of hydrogen-bond acceptors (Lipinski definition) is 4. The van der Waals surface area contributed by atoms with Crippen molar-refractivity contribution in [2.45, 2.75) is 24.8 Å². The Morgan fingerprint density at radius 2 is 1.89 bits per heavy atom. The summed E-state index contributed by atoms with van der Waals surface area (Å²) in [6.45, 7) is 5.01. The summed E-state index contributed by atoms with van der Waals surface area (Å²) < 4.78 is 5.82. The lowest BCUT2D eigenvalue weighted by molar-refractivity contribution is -0.0775. The summed E-state index contributed by atoms with van der Waals surface area (Å²) in [4.78, 5) is 21.9. The van der Waals surface area contributed by atoms with E-state index in [4.69, 9.17) is 4.74 Å². The van der Waals surface area contributed by atoms with Crippen molar-refractivity contribution in [2.24, 2.45) is 0 Å². The Bertz CT molecular complexity index is 743. The van der Waals surface area contributed by atoms with E-state index in [2.05, 4.69) is 20.9 Å². The van der Waals surface area contributed by atoms with Crippen LogP contribution in [-0.2, 0) is 11.2 Å². The molecule has 2 aliphatic heterocycles. The molecule has 1 aromatic heterocycles. The molecule has 3 heterocycles. The maximum atomic E-state index is 13.1. The number of pyridine rings is 1. The zero-order valence-electron chi connectivity index (χ0n) is 15.7. The van der Waals surface area contributed by atoms with Crippen LogP contribution in [0.15, 0.2) is 54.9 Å². The second kappa shape index (κ2) is 8.19. The maximum absolute atomic E-state index is 13.1. The largest absolute Gasteiger partial charge is 0.377 e. The molecule has 5 nitrogen and oxygen atoms in total. The topological polar surface area (TPSA) is 45.7 Å². The quantitative estimate of drug-likeness (QED) is 0.836. The van der Waals surface area contributed by atoms with Gasteiger partial charge in [-0.15, -0.1) is 0 Å². The molecule has 2 aromatic rings. The summed E-state index contributed by atoms with van der Waals surface area (Å²) in [5.41, 5.74) is 1.90. The molecule has 1 aromatic carbocycles.